The van der Waals surface area contributed by atoms with E-state index >= 15 is 4.39 Å². The van der Waals surface area contributed by atoms with E-state index in [0.717, 1.165) is 24.0 Å². The summed E-state index contributed by atoms with van der Waals surface area (Å²) >= 11 is 0. The molecule has 0 amide bonds. The number of aryl methyl sites for hydroxylation is 2. The van der Waals surface area contributed by atoms with Gasteiger partial charge in [-0.15, -0.1) is 0 Å². The molecule has 0 bridgehead atoms. The fourth-order valence-electron chi connectivity index (χ4n) is 4.16. The fourth-order valence-corrected chi connectivity index (χ4v) is 4.16. The smallest absolute Gasteiger partial charge is 0.206 e. The molecule has 0 fully saturated rings. The molecule has 0 aliphatic heterocycles. The minimum Gasteiger partial charge on any atom is -0.206 e. The minimum atomic E-state index is -5.17. The van der Waals surface area contributed by atoms with Crippen LogP contribution in [0.1, 0.15) is 35.6 Å². The molecule has 1 aliphatic carbocycles. The van der Waals surface area contributed by atoms with Crippen molar-refractivity contribution < 1.29 is 26.3 Å². The van der Waals surface area contributed by atoms with Gasteiger partial charge in [0.15, 0.2) is 0 Å². The van der Waals surface area contributed by atoms with Crippen molar-refractivity contribution in [3.63, 3.8) is 0 Å². The fraction of sp³-hybridized carbons (Fsp3) is 0.250. The number of halogens is 6. The van der Waals surface area contributed by atoms with Crippen LogP contribution in [0.5, 0.6) is 0 Å². The highest BCUT2D eigenvalue weighted by Crippen LogP contribution is 2.40. The third-order valence-corrected chi connectivity index (χ3v) is 5.52. The minimum absolute atomic E-state index is 0.119. The molecule has 0 spiro atoms. The number of alkyl halides is 3. The summed E-state index contributed by atoms with van der Waals surface area (Å²) in [7, 11) is 0. The third-order valence-electron chi connectivity index (χ3n) is 5.52. The predicted octanol–water partition coefficient (Wildman–Crippen LogP) is 7.51. The lowest BCUT2D eigenvalue weighted by Gasteiger charge is -2.22. The summed E-state index contributed by atoms with van der Waals surface area (Å²) in [5.41, 5.74) is 2.00. The Morgan fingerprint density at radius 2 is 1.43 bits per heavy atom. The van der Waals surface area contributed by atoms with E-state index < -0.39 is 29.2 Å². The Balaban J connectivity index is 1.80. The van der Waals surface area contributed by atoms with Gasteiger partial charge in [-0.1, -0.05) is 43.7 Å². The van der Waals surface area contributed by atoms with Crippen LogP contribution >= 0.6 is 0 Å². The van der Waals surface area contributed by atoms with Crippen LogP contribution in [0.15, 0.2) is 42.5 Å². The first-order valence-corrected chi connectivity index (χ1v) is 9.71. The maximum absolute atomic E-state index is 15.3. The van der Waals surface area contributed by atoms with E-state index in [1.807, 2.05) is 12.1 Å². The summed E-state index contributed by atoms with van der Waals surface area (Å²) < 4.78 is 81.7. The van der Waals surface area contributed by atoms with Gasteiger partial charge in [-0.25, -0.2) is 13.2 Å². The average Bonchev–Trinajstić information content (AvgIpc) is 2.66. The molecule has 6 heteroatoms. The molecule has 0 radical (unpaired) electrons. The largest absolute Gasteiger partial charge is 0.422 e. The number of fused-ring (bicyclic) bond motifs is 3. The second-order valence-electron chi connectivity index (χ2n) is 7.51. The standard InChI is InChI=1S/C24H18F6/c1-2-3-13-4-6-16-14(10-13)5-7-19-18(16)9-8-17(23(19)27)15-11-20(25)22(21(26)12-15)24(28,29)30/h4,6,8-12H,2-3,5,7H2,1H3. The number of rotatable bonds is 3. The van der Waals surface area contributed by atoms with E-state index in [2.05, 4.69) is 13.0 Å². The summed E-state index contributed by atoms with van der Waals surface area (Å²) in [6.07, 6.45) is -2.16. The highest BCUT2D eigenvalue weighted by atomic mass is 19.4. The Labute approximate surface area is 170 Å². The molecule has 0 saturated heterocycles. The average molecular weight is 420 g/mol. The van der Waals surface area contributed by atoms with Crippen molar-refractivity contribution in [2.24, 2.45) is 0 Å². The van der Waals surface area contributed by atoms with Gasteiger partial charge in [0.05, 0.1) is 0 Å². The van der Waals surface area contributed by atoms with Crippen LogP contribution in [0.25, 0.3) is 22.3 Å². The van der Waals surface area contributed by atoms with Crippen molar-refractivity contribution in [1.82, 2.24) is 0 Å². The molecule has 0 nitrogen and oxygen atoms in total. The van der Waals surface area contributed by atoms with Gasteiger partial charge in [-0.05, 0) is 64.8 Å². The van der Waals surface area contributed by atoms with Gasteiger partial charge in [0, 0.05) is 5.56 Å². The van der Waals surface area contributed by atoms with Gasteiger partial charge >= 0.3 is 6.18 Å². The number of hydrogen-bond acceptors (Lipinski definition) is 0. The molecule has 1 aliphatic rings. The molecule has 0 heterocycles. The summed E-state index contributed by atoms with van der Waals surface area (Å²) in [4.78, 5) is 0. The Bertz CT molecular complexity index is 1100. The first kappa shape index (κ1) is 20.5. The molecular weight excluding hydrogens is 402 g/mol. The van der Waals surface area contributed by atoms with E-state index in [1.165, 1.54) is 11.6 Å². The van der Waals surface area contributed by atoms with E-state index in [0.29, 0.717) is 36.1 Å². The highest BCUT2D eigenvalue weighted by Gasteiger charge is 2.38. The van der Waals surface area contributed by atoms with Crippen molar-refractivity contribution in [2.75, 3.05) is 0 Å². The lowest BCUT2D eigenvalue weighted by Crippen LogP contribution is -2.12. The first-order valence-electron chi connectivity index (χ1n) is 9.71. The van der Waals surface area contributed by atoms with Crippen molar-refractivity contribution in [3.05, 3.63) is 82.2 Å². The highest BCUT2D eigenvalue weighted by molar-refractivity contribution is 5.78. The maximum Gasteiger partial charge on any atom is 0.422 e. The van der Waals surface area contributed by atoms with Crippen molar-refractivity contribution in [1.29, 1.82) is 0 Å². The van der Waals surface area contributed by atoms with E-state index in [4.69, 9.17) is 0 Å². The molecule has 3 aromatic carbocycles. The van der Waals surface area contributed by atoms with Crippen molar-refractivity contribution in [3.8, 4) is 22.3 Å². The second-order valence-corrected chi connectivity index (χ2v) is 7.51. The predicted molar refractivity (Wildman–Crippen MR) is 104 cm³/mol. The third kappa shape index (κ3) is 3.48. The van der Waals surface area contributed by atoms with E-state index in [1.54, 1.807) is 6.07 Å². The van der Waals surface area contributed by atoms with Crippen LogP contribution in [0, 0.1) is 17.5 Å². The summed E-state index contributed by atoms with van der Waals surface area (Å²) in [6.45, 7) is 2.10. The normalized spacial score (nSPS) is 13.2. The summed E-state index contributed by atoms with van der Waals surface area (Å²) in [5.74, 6) is -4.18. The molecular formula is C24H18F6. The summed E-state index contributed by atoms with van der Waals surface area (Å²) in [5, 5.41) is 0. The van der Waals surface area contributed by atoms with Gasteiger partial charge in [0.25, 0.3) is 0 Å². The van der Waals surface area contributed by atoms with Crippen LogP contribution < -0.4 is 0 Å². The Hall–Kier alpha value is -2.76. The Kier molecular flexibility index (Phi) is 5.12. The van der Waals surface area contributed by atoms with Gasteiger partial charge in [-0.2, -0.15) is 13.2 Å². The van der Waals surface area contributed by atoms with Gasteiger partial charge in [0.1, 0.15) is 23.0 Å². The van der Waals surface area contributed by atoms with Crippen molar-refractivity contribution >= 4 is 0 Å². The van der Waals surface area contributed by atoms with Crippen LogP contribution in [-0.2, 0) is 25.4 Å². The molecule has 0 saturated carbocycles. The molecule has 0 unspecified atom stereocenters. The van der Waals surface area contributed by atoms with E-state index in [-0.39, 0.29) is 11.1 Å². The zero-order valence-corrected chi connectivity index (χ0v) is 16.1. The van der Waals surface area contributed by atoms with Crippen LogP contribution in [0.2, 0.25) is 0 Å². The quantitative estimate of drug-likeness (QED) is 0.385. The van der Waals surface area contributed by atoms with Crippen LogP contribution in [0.3, 0.4) is 0 Å². The van der Waals surface area contributed by atoms with Crippen molar-refractivity contribution in [2.45, 2.75) is 38.8 Å². The first-order chi connectivity index (χ1) is 14.2. The zero-order chi connectivity index (χ0) is 21.6. The van der Waals surface area contributed by atoms with Crippen LogP contribution in [-0.4, -0.2) is 0 Å². The van der Waals surface area contributed by atoms with Crippen LogP contribution in [0.4, 0.5) is 26.3 Å². The monoisotopic (exact) mass is 420 g/mol. The molecule has 30 heavy (non-hydrogen) atoms. The topological polar surface area (TPSA) is 0 Å². The molecule has 0 N–H and O–H groups in total. The maximum atomic E-state index is 15.3. The zero-order valence-electron chi connectivity index (χ0n) is 16.1. The second kappa shape index (κ2) is 7.49. The number of benzene rings is 3. The van der Waals surface area contributed by atoms with Gasteiger partial charge in [0.2, 0.25) is 0 Å². The molecule has 4 rings (SSSR count). The summed E-state index contributed by atoms with van der Waals surface area (Å²) in [6, 6.07) is 10.2. The molecule has 0 aromatic heterocycles. The van der Waals surface area contributed by atoms with Gasteiger partial charge in [-0.3, -0.25) is 0 Å². The lowest BCUT2D eigenvalue weighted by atomic mass is 9.82. The van der Waals surface area contributed by atoms with E-state index in [9.17, 15) is 22.0 Å². The molecule has 3 aromatic rings. The molecule has 156 valence electrons. The molecule has 0 atom stereocenters. The van der Waals surface area contributed by atoms with Gasteiger partial charge < -0.3 is 0 Å². The SMILES string of the molecule is CCCc1ccc2c(c1)CCc1c-2ccc(-c2cc(F)c(C(F)(F)F)c(F)c2)c1F. The number of hydrogen-bond donors (Lipinski definition) is 0. The lowest BCUT2D eigenvalue weighted by molar-refractivity contribution is -0.142. The Morgan fingerprint density at radius 1 is 0.800 bits per heavy atom. The Morgan fingerprint density at radius 3 is 2.07 bits per heavy atom.